The van der Waals surface area contributed by atoms with E-state index in [9.17, 15) is 13.2 Å². The average molecular weight is 308 g/mol. The van der Waals surface area contributed by atoms with E-state index in [1.807, 2.05) is 6.92 Å². The standard InChI is InChI=1S/C17H15F3O2/c1-2-3-8-22-15-7-5-11(9-14(15)18)13-6-4-12(10-21)16(19)17(13)20/h2-7,9,21H,8,10H2,1H3/b3-2-. The maximum Gasteiger partial charge on any atom is 0.167 e. The molecule has 0 amide bonds. The van der Waals surface area contributed by atoms with Crippen LogP contribution in [0.2, 0.25) is 0 Å². The number of benzene rings is 2. The number of aliphatic hydroxyl groups excluding tert-OH is 1. The first-order valence-corrected chi connectivity index (χ1v) is 6.70. The molecule has 0 fully saturated rings. The van der Waals surface area contributed by atoms with Gasteiger partial charge >= 0.3 is 0 Å². The molecule has 0 spiro atoms. The molecule has 116 valence electrons. The number of aliphatic hydroxyl groups is 1. The fraction of sp³-hybridized carbons (Fsp3) is 0.176. The van der Waals surface area contributed by atoms with Crippen LogP contribution in [0.4, 0.5) is 13.2 Å². The molecular formula is C17H15F3O2. The Labute approximate surface area is 126 Å². The minimum absolute atomic E-state index is 0.0368. The molecule has 0 unspecified atom stereocenters. The fourth-order valence-corrected chi connectivity index (χ4v) is 1.95. The van der Waals surface area contributed by atoms with Crippen molar-refractivity contribution in [1.29, 1.82) is 0 Å². The highest BCUT2D eigenvalue weighted by Crippen LogP contribution is 2.29. The Bertz CT molecular complexity index is 697. The Kier molecular flexibility index (Phi) is 5.22. The van der Waals surface area contributed by atoms with Crippen molar-refractivity contribution in [1.82, 2.24) is 0 Å². The van der Waals surface area contributed by atoms with Crippen LogP contribution in [-0.4, -0.2) is 11.7 Å². The third-order valence-corrected chi connectivity index (χ3v) is 3.15. The summed E-state index contributed by atoms with van der Waals surface area (Å²) in [6.45, 7) is 1.44. The highest BCUT2D eigenvalue weighted by Gasteiger charge is 2.15. The predicted molar refractivity (Wildman–Crippen MR) is 78.0 cm³/mol. The van der Waals surface area contributed by atoms with Crippen molar-refractivity contribution in [3.63, 3.8) is 0 Å². The van der Waals surface area contributed by atoms with Crippen molar-refractivity contribution in [3.8, 4) is 16.9 Å². The summed E-state index contributed by atoms with van der Waals surface area (Å²) < 4.78 is 46.8. The number of hydrogen-bond donors (Lipinski definition) is 1. The van der Waals surface area contributed by atoms with Crippen LogP contribution in [-0.2, 0) is 6.61 Å². The van der Waals surface area contributed by atoms with Gasteiger partial charge < -0.3 is 9.84 Å². The molecule has 5 heteroatoms. The molecular weight excluding hydrogens is 293 g/mol. The van der Waals surface area contributed by atoms with E-state index in [0.29, 0.717) is 0 Å². The minimum Gasteiger partial charge on any atom is -0.486 e. The zero-order valence-electron chi connectivity index (χ0n) is 11.9. The van der Waals surface area contributed by atoms with E-state index >= 15 is 0 Å². The van der Waals surface area contributed by atoms with Crippen molar-refractivity contribution >= 4 is 0 Å². The van der Waals surface area contributed by atoms with Gasteiger partial charge in [0.05, 0.1) is 6.61 Å². The average Bonchev–Trinajstić information content (AvgIpc) is 2.52. The van der Waals surface area contributed by atoms with Gasteiger partial charge in [-0.1, -0.05) is 30.4 Å². The highest BCUT2D eigenvalue weighted by atomic mass is 19.2. The van der Waals surface area contributed by atoms with Crippen LogP contribution in [0.3, 0.4) is 0 Å². The highest BCUT2D eigenvalue weighted by molar-refractivity contribution is 5.65. The molecule has 2 aromatic rings. The summed E-state index contributed by atoms with van der Waals surface area (Å²) in [5.74, 6) is -2.87. The van der Waals surface area contributed by atoms with Crippen LogP contribution in [0, 0.1) is 17.5 Å². The normalized spacial score (nSPS) is 11.1. The molecule has 0 radical (unpaired) electrons. The van der Waals surface area contributed by atoms with Crippen LogP contribution in [0.5, 0.6) is 5.75 Å². The third kappa shape index (κ3) is 3.31. The summed E-state index contributed by atoms with van der Waals surface area (Å²) in [4.78, 5) is 0. The first kappa shape index (κ1) is 16.1. The second kappa shape index (κ2) is 7.13. The first-order valence-electron chi connectivity index (χ1n) is 6.70. The lowest BCUT2D eigenvalue weighted by Gasteiger charge is -2.10. The molecule has 0 aliphatic heterocycles. The van der Waals surface area contributed by atoms with Gasteiger partial charge in [-0.25, -0.2) is 13.2 Å². The number of hydrogen-bond acceptors (Lipinski definition) is 2. The van der Waals surface area contributed by atoms with Crippen molar-refractivity contribution < 1.29 is 23.0 Å². The molecule has 2 nitrogen and oxygen atoms in total. The zero-order valence-corrected chi connectivity index (χ0v) is 11.9. The van der Waals surface area contributed by atoms with E-state index in [1.54, 1.807) is 12.2 Å². The number of ether oxygens (including phenoxy) is 1. The number of rotatable bonds is 5. The monoisotopic (exact) mass is 308 g/mol. The third-order valence-electron chi connectivity index (χ3n) is 3.15. The Hall–Kier alpha value is -2.27. The SMILES string of the molecule is C/C=C\COc1ccc(-c2ccc(CO)c(F)c2F)cc1F. The predicted octanol–water partition coefficient (Wildman–Crippen LogP) is 4.22. The number of allylic oxidation sites excluding steroid dienone is 1. The molecule has 0 atom stereocenters. The Balaban J connectivity index is 2.34. The molecule has 0 saturated carbocycles. The maximum absolute atomic E-state index is 14.0. The van der Waals surface area contributed by atoms with Crippen LogP contribution in [0.1, 0.15) is 12.5 Å². The van der Waals surface area contributed by atoms with Gasteiger partial charge in [0.2, 0.25) is 0 Å². The molecule has 1 N–H and O–H groups in total. The van der Waals surface area contributed by atoms with E-state index in [2.05, 4.69) is 0 Å². The zero-order chi connectivity index (χ0) is 16.1. The van der Waals surface area contributed by atoms with Crippen molar-refractivity contribution in [2.75, 3.05) is 6.61 Å². The largest absolute Gasteiger partial charge is 0.486 e. The summed E-state index contributed by atoms with van der Waals surface area (Å²) in [6.07, 6.45) is 3.49. The van der Waals surface area contributed by atoms with Crippen molar-refractivity contribution in [3.05, 3.63) is 65.5 Å². The second-order valence-electron chi connectivity index (χ2n) is 4.58. The summed E-state index contributed by atoms with van der Waals surface area (Å²) >= 11 is 0. The lowest BCUT2D eigenvalue weighted by Crippen LogP contribution is -1.99. The lowest BCUT2D eigenvalue weighted by molar-refractivity contribution is 0.273. The molecule has 0 aromatic heterocycles. The van der Waals surface area contributed by atoms with Crippen LogP contribution in [0.25, 0.3) is 11.1 Å². The molecule has 0 aliphatic carbocycles. The molecule has 2 aromatic carbocycles. The van der Waals surface area contributed by atoms with E-state index in [0.717, 1.165) is 6.07 Å². The van der Waals surface area contributed by atoms with E-state index in [1.165, 1.54) is 24.3 Å². The van der Waals surface area contributed by atoms with Gasteiger partial charge in [0.15, 0.2) is 23.2 Å². The van der Waals surface area contributed by atoms with Gasteiger partial charge in [-0.05, 0) is 24.6 Å². The molecule has 22 heavy (non-hydrogen) atoms. The summed E-state index contributed by atoms with van der Waals surface area (Å²) in [7, 11) is 0. The van der Waals surface area contributed by atoms with Crippen molar-refractivity contribution in [2.45, 2.75) is 13.5 Å². The summed E-state index contributed by atoms with van der Waals surface area (Å²) in [6, 6.07) is 6.47. The Morgan fingerprint density at radius 2 is 1.86 bits per heavy atom. The molecule has 0 aliphatic rings. The fourth-order valence-electron chi connectivity index (χ4n) is 1.95. The summed E-state index contributed by atoms with van der Waals surface area (Å²) in [5.41, 5.74) is -0.0293. The van der Waals surface area contributed by atoms with Gasteiger partial charge in [0, 0.05) is 11.1 Å². The van der Waals surface area contributed by atoms with E-state index < -0.39 is 24.1 Å². The van der Waals surface area contributed by atoms with Gasteiger partial charge in [0.1, 0.15) is 6.61 Å². The molecule has 0 saturated heterocycles. The van der Waals surface area contributed by atoms with Gasteiger partial charge in [0.25, 0.3) is 0 Å². The quantitative estimate of drug-likeness (QED) is 0.838. The smallest absolute Gasteiger partial charge is 0.167 e. The van der Waals surface area contributed by atoms with E-state index in [-0.39, 0.29) is 29.0 Å². The topological polar surface area (TPSA) is 29.5 Å². The Morgan fingerprint density at radius 3 is 2.50 bits per heavy atom. The van der Waals surface area contributed by atoms with Crippen LogP contribution >= 0.6 is 0 Å². The van der Waals surface area contributed by atoms with Crippen LogP contribution < -0.4 is 4.74 Å². The number of halogens is 3. The maximum atomic E-state index is 14.0. The first-order chi connectivity index (χ1) is 10.6. The molecule has 0 heterocycles. The van der Waals surface area contributed by atoms with Gasteiger partial charge in [-0.3, -0.25) is 0 Å². The summed E-state index contributed by atoms with van der Waals surface area (Å²) in [5, 5.41) is 8.90. The van der Waals surface area contributed by atoms with Crippen molar-refractivity contribution in [2.24, 2.45) is 0 Å². The second-order valence-corrected chi connectivity index (χ2v) is 4.58. The molecule has 2 rings (SSSR count). The van der Waals surface area contributed by atoms with E-state index in [4.69, 9.17) is 9.84 Å². The van der Waals surface area contributed by atoms with Crippen LogP contribution in [0.15, 0.2) is 42.5 Å². The Morgan fingerprint density at radius 1 is 1.09 bits per heavy atom. The molecule has 0 bridgehead atoms. The van der Waals surface area contributed by atoms with Gasteiger partial charge in [-0.15, -0.1) is 0 Å². The minimum atomic E-state index is -1.13. The lowest BCUT2D eigenvalue weighted by atomic mass is 10.0. The van der Waals surface area contributed by atoms with Gasteiger partial charge in [-0.2, -0.15) is 0 Å².